The fraction of sp³-hybridized carbons (Fsp3) is 1.00. The predicted molar refractivity (Wildman–Crippen MR) is 93.7 cm³/mol. The van der Waals surface area contributed by atoms with Gasteiger partial charge in [0, 0.05) is 6.04 Å². The third-order valence-electron chi connectivity index (χ3n) is 8.51. The van der Waals surface area contributed by atoms with Gasteiger partial charge in [0.1, 0.15) is 0 Å². The third kappa shape index (κ3) is 2.29. The molecule has 0 spiro atoms. The van der Waals surface area contributed by atoms with Crippen molar-refractivity contribution in [1.29, 1.82) is 0 Å². The molecule has 1 heteroatoms. The smallest absolute Gasteiger partial charge is 0.0134 e. The average molecular weight is 304 g/mol. The zero-order chi connectivity index (χ0) is 15.3. The van der Waals surface area contributed by atoms with Gasteiger partial charge in [-0.3, -0.25) is 0 Å². The minimum absolute atomic E-state index is 0.556. The van der Waals surface area contributed by atoms with Crippen molar-refractivity contribution in [2.75, 3.05) is 6.54 Å². The lowest BCUT2D eigenvalue weighted by atomic mass is 9.60. The molecule has 1 aliphatic heterocycles. The maximum Gasteiger partial charge on any atom is 0.0134 e. The van der Waals surface area contributed by atoms with Crippen LogP contribution in [0.3, 0.4) is 0 Å². The van der Waals surface area contributed by atoms with Gasteiger partial charge in [0.25, 0.3) is 0 Å². The summed E-state index contributed by atoms with van der Waals surface area (Å²) >= 11 is 0. The Hall–Kier alpha value is -0.0400. The quantitative estimate of drug-likeness (QED) is 0.734. The molecule has 0 aromatic carbocycles. The Morgan fingerprint density at radius 3 is 2.32 bits per heavy atom. The predicted octanol–water partition coefficient (Wildman–Crippen LogP) is 5.25. The summed E-state index contributed by atoms with van der Waals surface area (Å²) in [4.78, 5) is 0. The molecule has 0 aromatic rings. The van der Waals surface area contributed by atoms with Crippen LogP contribution in [0.4, 0.5) is 0 Å². The number of rotatable bonds is 2. The van der Waals surface area contributed by atoms with Gasteiger partial charge < -0.3 is 5.32 Å². The van der Waals surface area contributed by atoms with Gasteiger partial charge in [0.2, 0.25) is 0 Å². The van der Waals surface area contributed by atoms with Crippen LogP contribution in [-0.2, 0) is 0 Å². The van der Waals surface area contributed by atoms with Gasteiger partial charge in [-0.25, -0.2) is 0 Å². The molecule has 0 bridgehead atoms. The number of hydrogen-bond donors (Lipinski definition) is 1. The van der Waals surface area contributed by atoms with E-state index in [0.717, 1.165) is 41.5 Å². The van der Waals surface area contributed by atoms with Crippen LogP contribution in [0, 0.1) is 40.9 Å². The van der Waals surface area contributed by atoms with E-state index in [9.17, 15) is 0 Å². The van der Waals surface area contributed by atoms with E-state index in [1.807, 2.05) is 0 Å². The first-order chi connectivity index (χ1) is 10.6. The average Bonchev–Trinajstić information content (AvgIpc) is 3.14. The highest BCUT2D eigenvalue weighted by atomic mass is 15.0. The highest BCUT2D eigenvalue weighted by Gasteiger charge is 2.58. The molecule has 4 fully saturated rings. The molecule has 4 rings (SSSR count). The van der Waals surface area contributed by atoms with Crippen LogP contribution < -0.4 is 5.32 Å². The van der Waals surface area contributed by atoms with Gasteiger partial charge in [-0.2, -0.15) is 0 Å². The summed E-state index contributed by atoms with van der Waals surface area (Å²) in [7, 11) is 0. The van der Waals surface area contributed by atoms with E-state index in [0.29, 0.717) is 5.41 Å². The molecule has 1 heterocycles. The lowest BCUT2D eigenvalue weighted by molar-refractivity contribution is 0.0389. The SMILES string of the molecule is CC1CCCC2C1C1CCCNC1C2C(C)(C)C1CCCC1. The first kappa shape index (κ1) is 15.5. The van der Waals surface area contributed by atoms with Gasteiger partial charge in [0.05, 0.1) is 0 Å². The zero-order valence-electron chi connectivity index (χ0n) is 15.1. The Kier molecular flexibility index (Phi) is 4.08. The van der Waals surface area contributed by atoms with Crippen LogP contribution in [0.15, 0.2) is 0 Å². The van der Waals surface area contributed by atoms with Crippen LogP contribution in [0.2, 0.25) is 0 Å². The summed E-state index contributed by atoms with van der Waals surface area (Å²) in [5, 5.41) is 4.04. The fourth-order valence-electron chi connectivity index (χ4n) is 7.63. The standard InChI is InChI=1S/C21H37N/c1-14-8-6-11-16-18(14)17-12-7-13-22-20(17)19(16)21(2,3)15-9-4-5-10-15/h14-20,22H,4-13H2,1-3H3. The second-order valence-electron chi connectivity index (χ2n) is 9.76. The Morgan fingerprint density at radius 1 is 0.818 bits per heavy atom. The second kappa shape index (κ2) is 5.80. The van der Waals surface area contributed by atoms with Crippen molar-refractivity contribution in [2.24, 2.45) is 40.9 Å². The summed E-state index contributed by atoms with van der Waals surface area (Å²) in [5.74, 6) is 6.00. The molecule has 3 saturated carbocycles. The second-order valence-corrected chi connectivity index (χ2v) is 9.76. The molecule has 0 aromatic heterocycles. The molecule has 6 unspecified atom stereocenters. The van der Waals surface area contributed by atoms with Crippen LogP contribution in [0.1, 0.15) is 78.6 Å². The lowest BCUT2D eigenvalue weighted by Gasteiger charge is -2.46. The first-order valence-corrected chi connectivity index (χ1v) is 10.3. The van der Waals surface area contributed by atoms with Gasteiger partial charge in [-0.1, -0.05) is 46.5 Å². The highest BCUT2D eigenvalue weighted by Crippen LogP contribution is 2.61. The lowest BCUT2D eigenvalue weighted by Crippen LogP contribution is -2.49. The molecule has 1 saturated heterocycles. The molecule has 1 N–H and O–H groups in total. The number of hydrogen-bond acceptors (Lipinski definition) is 1. The van der Waals surface area contributed by atoms with Crippen molar-refractivity contribution in [2.45, 2.75) is 84.6 Å². The van der Waals surface area contributed by atoms with Crippen LogP contribution in [0.25, 0.3) is 0 Å². The van der Waals surface area contributed by atoms with Crippen LogP contribution >= 0.6 is 0 Å². The van der Waals surface area contributed by atoms with Crippen molar-refractivity contribution in [1.82, 2.24) is 5.32 Å². The monoisotopic (exact) mass is 303 g/mol. The Labute approximate surface area is 138 Å². The molecule has 0 amide bonds. The van der Waals surface area contributed by atoms with E-state index >= 15 is 0 Å². The Morgan fingerprint density at radius 2 is 1.55 bits per heavy atom. The minimum atomic E-state index is 0.556. The first-order valence-electron chi connectivity index (χ1n) is 10.3. The van der Waals surface area contributed by atoms with Crippen molar-refractivity contribution in [3.63, 3.8) is 0 Å². The van der Waals surface area contributed by atoms with E-state index in [1.54, 1.807) is 0 Å². The number of fused-ring (bicyclic) bond motifs is 3. The largest absolute Gasteiger partial charge is 0.313 e. The minimum Gasteiger partial charge on any atom is -0.313 e. The molecule has 3 aliphatic carbocycles. The van der Waals surface area contributed by atoms with Crippen molar-refractivity contribution < 1.29 is 0 Å². The molecular weight excluding hydrogens is 266 g/mol. The molecule has 126 valence electrons. The zero-order valence-corrected chi connectivity index (χ0v) is 15.1. The van der Waals surface area contributed by atoms with E-state index in [-0.39, 0.29) is 0 Å². The van der Waals surface area contributed by atoms with Crippen molar-refractivity contribution in [3.05, 3.63) is 0 Å². The van der Waals surface area contributed by atoms with Gasteiger partial charge >= 0.3 is 0 Å². The van der Waals surface area contributed by atoms with Crippen LogP contribution in [-0.4, -0.2) is 12.6 Å². The van der Waals surface area contributed by atoms with Gasteiger partial charge in [0.15, 0.2) is 0 Å². The summed E-state index contributed by atoms with van der Waals surface area (Å²) in [6.45, 7) is 9.17. The Balaban J connectivity index is 1.66. The van der Waals surface area contributed by atoms with Gasteiger partial charge in [-0.05, 0) is 79.6 Å². The topological polar surface area (TPSA) is 12.0 Å². The Bertz CT molecular complexity index is 395. The molecule has 0 radical (unpaired) electrons. The molecule has 1 nitrogen and oxygen atoms in total. The van der Waals surface area contributed by atoms with Crippen LogP contribution in [0.5, 0.6) is 0 Å². The maximum atomic E-state index is 4.04. The summed E-state index contributed by atoms with van der Waals surface area (Å²) in [6, 6.07) is 0.847. The number of piperidine rings is 1. The molecular formula is C21H37N. The molecule has 6 atom stereocenters. The number of nitrogens with one attached hydrogen (secondary N) is 1. The maximum absolute atomic E-state index is 4.04. The molecule has 4 aliphatic rings. The highest BCUT2D eigenvalue weighted by molar-refractivity contribution is 5.09. The summed E-state index contributed by atoms with van der Waals surface area (Å²) < 4.78 is 0. The summed E-state index contributed by atoms with van der Waals surface area (Å²) in [6.07, 6.45) is 13.5. The van der Waals surface area contributed by atoms with Crippen molar-refractivity contribution in [3.8, 4) is 0 Å². The van der Waals surface area contributed by atoms with E-state index < -0.39 is 0 Å². The third-order valence-corrected chi connectivity index (χ3v) is 8.51. The summed E-state index contributed by atoms with van der Waals surface area (Å²) in [5.41, 5.74) is 0.556. The normalized spacial score (nSPS) is 46.5. The van der Waals surface area contributed by atoms with Gasteiger partial charge in [-0.15, -0.1) is 0 Å². The molecule has 22 heavy (non-hydrogen) atoms. The van der Waals surface area contributed by atoms with E-state index in [1.165, 1.54) is 64.3 Å². The van der Waals surface area contributed by atoms with E-state index in [2.05, 4.69) is 26.1 Å². The fourth-order valence-corrected chi connectivity index (χ4v) is 7.63. The van der Waals surface area contributed by atoms with E-state index in [4.69, 9.17) is 0 Å². The van der Waals surface area contributed by atoms with Crippen molar-refractivity contribution >= 4 is 0 Å².